The molecule has 3 amide bonds. The maximum Gasteiger partial charge on any atom is 0.315 e. The van der Waals surface area contributed by atoms with Gasteiger partial charge in [0.05, 0.1) is 24.9 Å². The molecule has 7 fully saturated rings. The molecule has 0 spiro atoms. The molecule has 4 bridgehead atoms. The summed E-state index contributed by atoms with van der Waals surface area (Å²) in [6.07, 6.45) is 14.1. The summed E-state index contributed by atoms with van der Waals surface area (Å²) in [5.74, 6) is 3.11. The Labute approximate surface area is 316 Å². The zero-order valence-corrected chi connectivity index (χ0v) is 32.2. The van der Waals surface area contributed by atoms with E-state index < -0.39 is 6.29 Å². The van der Waals surface area contributed by atoms with Crippen LogP contribution in [0.4, 0.5) is 4.79 Å². The predicted octanol–water partition coefficient (Wildman–Crippen LogP) is 7.43. The van der Waals surface area contributed by atoms with E-state index in [0.717, 1.165) is 78.5 Å². The molecule has 6 atom stereocenters. The second kappa shape index (κ2) is 15.3. The fraction of sp³-hybridized carbons (Fsp3) is 0.682. The number of likely N-dealkylation sites (tertiary alicyclic amines) is 1. The average Bonchev–Trinajstić information content (AvgIpc) is 3.13. The van der Waals surface area contributed by atoms with E-state index in [1.54, 1.807) is 0 Å². The molecule has 9 nitrogen and oxygen atoms in total. The van der Waals surface area contributed by atoms with E-state index in [-0.39, 0.29) is 47.9 Å². The highest BCUT2D eigenvalue weighted by molar-refractivity contribution is 5.82. The van der Waals surface area contributed by atoms with Crippen molar-refractivity contribution in [2.45, 2.75) is 159 Å². The monoisotopic (exact) mass is 726 g/mol. The third-order valence-corrected chi connectivity index (χ3v) is 13.5. The first-order valence-electron chi connectivity index (χ1n) is 20.7. The molecule has 0 radical (unpaired) electrons. The van der Waals surface area contributed by atoms with Crippen molar-refractivity contribution in [3.05, 3.63) is 70.8 Å². The van der Waals surface area contributed by atoms with Gasteiger partial charge in [0.1, 0.15) is 0 Å². The quantitative estimate of drug-likeness (QED) is 0.214. The summed E-state index contributed by atoms with van der Waals surface area (Å²) in [6, 6.07) is 16.4. The van der Waals surface area contributed by atoms with E-state index >= 15 is 0 Å². The molecule has 53 heavy (non-hydrogen) atoms. The van der Waals surface area contributed by atoms with Crippen molar-refractivity contribution >= 4 is 11.9 Å². The summed E-state index contributed by atoms with van der Waals surface area (Å²) >= 11 is 0. The lowest BCUT2D eigenvalue weighted by Crippen LogP contribution is -2.61. The van der Waals surface area contributed by atoms with Gasteiger partial charge in [-0.15, -0.1) is 0 Å². The van der Waals surface area contributed by atoms with Gasteiger partial charge in [-0.3, -0.25) is 9.69 Å². The fourth-order valence-corrected chi connectivity index (χ4v) is 11.5. The minimum Gasteiger partial charge on any atom is -0.392 e. The number of ether oxygens (including phenoxy) is 2. The highest BCUT2D eigenvalue weighted by atomic mass is 16.7. The molecule has 288 valence electrons. The van der Waals surface area contributed by atoms with Crippen LogP contribution in [0.3, 0.4) is 0 Å². The Morgan fingerprint density at radius 2 is 1.45 bits per heavy atom. The number of nitrogens with zero attached hydrogens (tertiary/aromatic N) is 1. The Kier molecular flexibility index (Phi) is 10.7. The Balaban J connectivity index is 0.964. The molecule has 0 aromatic heterocycles. The molecular formula is C44H62N4O5. The third-order valence-electron chi connectivity index (χ3n) is 13.5. The summed E-state index contributed by atoms with van der Waals surface area (Å²) in [5.41, 5.74) is 3.59. The number of hydrogen-bond acceptors (Lipinski definition) is 6. The molecule has 9 rings (SSSR count). The van der Waals surface area contributed by atoms with E-state index in [1.165, 1.54) is 38.5 Å². The lowest BCUT2D eigenvalue weighted by Gasteiger charge is -2.56. The molecule has 2 aliphatic heterocycles. The smallest absolute Gasteiger partial charge is 0.315 e. The molecule has 5 saturated carbocycles. The van der Waals surface area contributed by atoms with E-state index in [9.17, 15) is 14.7 Å². The topological polar surface area (TPSA) is 112 Å². The highest BCUT2D eigenvalue weighted by Gasteiger charge is 2.51. The van der Waals surface area contributed by atoms with Gasteiger partial charge in [0.15, 0.2) is 6.29 Å². The van der Waals surface area contributed by atoms with Crippen molar-refractivity contribution in [2.24, 2.45) is 23.7 Å². The summed E-state index contributed by atoms with van der Waals surface area (Å²) in [4.78, 5) is 29.4. The third kappa shape index (κ3) is 8.48. The summed E-state index contributed by atoms with van der Waals surface area (Å²) in [6.45, 7) is 7.30. The van der Waals surface area contributed by atoms with Crippen LogP contribution in [0.15, 0.2) is 48.5 Å². The molecule has 4 N–H and O–H groups in total. The van der Waals surface area contributed by atoms with Gasteiger partial charge in [0, 0.05) is 42.2 Å². The number of amides is 3. The zero-order valence-electron chi connectivity index (χ0n) is 32.2. The van der Waals surface area contributed by atoms with E-state index in [4.69, 9.17) is 9.47 Å². The lowest BCUT2D eigenvalue weighted by atomic mass is 9.53. The van der Waals surface area contributed by atoms with Crippen molar-refractivity contribution < 1.29 is 24.2 Å². The number of benzene rings is 2. The predicted molar refractivity (Wildman–Crippen MR) is 205 cm³/mol. The van der Waals surface area contributed by atoms with Gasteiger partial charge >= 0.3 is 6.03 Å². The minimum atomic E-state index is -0.577. The van der Waals surface area contributed by atoms with Crippen LogP contribution in [0.2, 0.25) is 0 Å². The van der Waals surface area contributed by atoms with Crippen LogP contribution in [-0.2, 0) is 27.4 Å². The van der Waals surface area contributed by atoms with Crippen molar-refractivity contribution in [3.63, 3.8) is 0 Å². The molecule has 0 unspecified atom stereocenters. The number of fused-ring (bicyclic) bond motifs is 1. The van der Waals surface area contributed by atoms with Gasteiger partial charge in [-0.25, -0.2) is 4.79 Å². The van der Waals surface area contributed by atoms with Crippen LogP contribution >= 0.6 is 0 Å². The van der Waals surface area contributed by atoms with Crippen LogP contribution in [0, 0.1) is 23.7 Å². The SMILES string of the molecule is CC(C)(C)NC(=O)[C@H]1CC[C@H]2CCCC[C@H]2N1C[C@@H]1C[C@H](c2ccc(CO)cc2)O[C@H](c2ccc(CNC(=O)NC34CC5CC(CC(C5)C3)C4)cc2)O1. The number of rotatable bonds is 9. The maximum atomic E-state index is 13.8. The summed E-state index contributed by atoms with van der Waals surface area (Å²) < 4.78 is 13.5. The highest BCUT2D eigenvalue weighted by Crippen LogP contribution is 2.55. The number of aliphatic hydroxyl groups excluding tert-OH is 1. The van der Waals surface area contributed by atoms with Gasteiger partial charge in [-0.1, -0.05) is 61.4 Å². The Bertz CT molecular complexity index is 1550. The number of aliphatic hydroxyl groups is 1. The number of piperidine rings is 1. The number of hydrogen-bond donors (Lipinski definition) is 4. The van der Waals surface area contributed by atoms with Gasteiger partial charge in [0.2, 0.25) is 5.91 Å². The number of carbonyl (C=O) groups is 2. The largest absolute Gasteiger partial charge is 0.392 e. The van der Waals surface area contributed by atoms with Crippen LogP contribution < -0.4 is 16.0 Å². The first kappa shape index (κ1) is 37.0. The normalized spacial score (nSPS) is 35.4. The Morgan fingerprint density at radius 1 is 0.811 bits per heavy atom. The van der Waals surface area contributed by atoms with E-state index in [1.807, 2.05) is 12.1 Å². The fourth-order valence-electron chi connectivity index (χ4n) is 11.5. The van der Waals surface area contributed by atoms with Crippen molar-refractivity contribution in [3.8, 4) is 0 Å². The van der Waals surface area contributed by atoms with E-state index in [2.05, 4.69) is 78.0 Å². The zero-order chi connectivity index (χ0) is 36.7. The molecular weight excluding hydrogens is 665 g/mol. The Morgan fingerprint density at radius 3 is 2.11 bits per heavy atom. The van der Waals surface area contributed by atoms with Crippen molar-refractivity contribution in [1.82, 2.24) is 20.9 Å². The van der Waals surface area contributed by atoms with Crippen LogP contribution in [0.1, 0.15) is 139 Å². The van der Waals surface area contributed by atoms with Gasteiger partial charge < -0.3 is 30.5 Å². The van der Waals surface area contributed by atoms with Crippen molar-refractivity contribution in [1.29, 1.82) is 0 Å². The number of carbonyl (C=O) groups excluding carboxylic acids is 2. The van der Waals surface area contributed by atoms with Gasteiger partial charge in [-0.2, -0.15) is 0 Å². The van der Waals surface area contributed by atoms with Gasteiger partial charge in [0.25, 0.3) is 0 Å². The number of urea groups is 1. The van der Waals surface area contributed by atoms with Crippen LogP contribution in [0.5, 0.6) is 0 Å². The maximum absolute atomic E-state index is 13.8. The average molecular weight is 727 g/mol. The molecule has 7 aliphatic rings. The molecule has 2 saturated heterocycles. The summed E-state index contributed by atoms with van der Waals surface area (Å²) in [7, 11) is 0. The van der Waals surface area contributed by atoms with Gasteiger partial charge in [-0.05, 0) is 125 Å². The van der Waals surface area contributed by atoms with Crippen LogP contribution in [-0.4, -0.2) is 57.8 Å². The molecule has 2 heterocycles. The second-order valence-electron chi connectivity index (χ2n) is 18.7. The number of nitrogens with one attached hydrogen (secondary N) is 3. The standard InChI is InChI=1S/C44H62N4O5/c1-43(2,3)46-40(50)38-17-16-33-6-4-5-7-37(33)48(38)26-36-21-39(34-12-10-29(27-49)11-13-34)53-41(52-36)35-14-8-28(9-15-35)25-45-42(51)47-44-22-30-18-31(23-44)20-32(19-30)24-44/h8-15,30-33,36-39,41,49H,4-7,16-27H2,1-3H3,(H,46,50)(H2,45,47,51)/t30?,31?,32?,33-,36+,37-,38-,39-,41-,44?/m1/s1. The van der Waals surface area contributed by atoms with Crippen molar-refractivity contribution in [2.75, 3.05) is 6.54 Å². The van der Waals surface area contributed by atoms with Crippen LogP contribution in [0.25, 0.3) is 0 Å². The molecule has 2 aromatic rings. The Hall–Kier alpha value is -2.98. The molecule has 9 heteroatoms. The minimum absolute atomic E-state index is 0.000825. The van der Waals surface area contributed by atoms with E-state index in [0.29, 0.717) is 31.5 Å². The molecule has 5 aliphatic carbocycles. The summed E-state index contributed by atoms with van der Waals surface area (Å²) in [5, 5.41) is 19.5. The lowest BCUT2D eigenvalue weighted by molar-refractivity contribution is -0.255. The first-order valence-corrected chi connectivity index (χ1v) is 20.7. The second-order valence-corrected chi connectivity index (χ2v) is 18.7. The molecule has 2 aromatic carbocycles. The first-order chi connectivity index (χ1) is 25.5.